The number of halogens is 2. The van der Waals surface area contributed by atoms with Gasteiger partial charge in [-0.1, -0.05) is 17.7 Å². The third kappa shape index (κ3) is 7.46. The molecule has 1 amide bonds. The van der Waals surface area contributed by atoms with Crippen molar-refractivity contribution in [3.8, 4) is 0 Å². The third-order valence-corrected chi connectivity index (χ3v) is 7.36. The summed E-state index contributed by atoms with van der Waals surface area (Å²) >= 11 is 7.25. The average Bonchev–Trinajstić information content (AvgIpc) is 3.30. The highest BCUT2D eigenvalue weighted by Gasteiger charge is 2.25. The molecule has 0 spiro atoms. The molecule has 1 fully saturated rings. The van der Waals surface area contributed by atoms with Gasteiger partial charge in [-0.3, -0.25) is 18.4 Å². The molecule has 0 N–H and O–H groups in total. The van der Waals surface area contributed by atoms with Gasteiger partial charge in [0.1, 0.15) is 6.73 Å². The van der Waals surface area contributed by atoms with Gasteiger partial charge in [0.25, 0.3) is 16.0 Å². The summed E-state index contributed by atoms with van der Waals surface area (Å²) in [6.07, 6.45) is 2.84. The Morgan fingerprint density at radius 3 is 2.71 bits per heavy atom. The zero-order valence-electron chi connectivity index (χ0n) is 20.8. The highest BCUT2D eigenvalue weighted by Crippen LogP contribution is 2.21. The topological polar surface area (TPSA) is 106 Å². The van der Waals surface area contributed by atoms with E-state index in [2.05, 4.69) is 14.9 Å². The number of piperazine rings is 1. The fourth-order valence-electron chi connectivity index (χ4n) is 3.93. The first-order valence-corrected chi connectivity index (χ1v) is 14.7. The van der Waals surface area contributed by atoms with Gasteiger partial charge in [-0.15, -0.1) is 11.3 Å². The quantitative estimate of drug-likeness (QED) is 0.357. The predicted molar refractivity (Wildman–Crippen MR) is 141 cm³/mol. The summed E-state index contributed by atoms with van der Waals surface area (Å²) in [5.41, 5.74) is 1.24. The Kier molecular flexibility index (Phi) is 9.28. The third-order valence-electron chi connectivity index (χ3n) is 5.73. The number of thiazole rings is 1. The first-order chi connectivity index (χ1) is 18.1. The Labute approximate surface area is 229 Å². The zero-order chi connectivity index (χ0) is 27.3. The highest BCUT2D eigenvalue weighted by atomic mass is 35.5. The molecular weight excluding hydrogens is 557 g/mol. The Hall–Kier alpha value is -2.68. The average molecular weight is 584 g/mol. The number of carbonyl (C=O) groups excluding carboxylic acids is 1. The van der Waals surface area contributed by atoms with Gasteiger partial charge in [-0.2, -0.15) is 8.42 Å². The van der Waals surface area contributed by atoms with Crippen molar-refractivity contribution in [3.05, 3.63) is 74.4 Å². The number of aromatic nitrogens is 2. The van der Waals surface area contributed by atoms with Gasteiger partial charge in [0, 0.05) is 51.4 Å². The van der Waals surface area contributed by atoms with Gasteiger partial charge in [-0.05, 0) is 29.8 Å². The second-order valence-electron chi connectivity index (χ2n) is 8.65. The number of amides is 1. The van der Waals surface area contributed by atoms with Crippen LogP contribution in [0.15, 0.2) is 46.9 Å². The van der Waals surface area contributed by atoms with E-state index in [0.29, 0.717) is 61.3 Å². The Bertz CT molecular complexity index is 1470. The van der Waals surface area contributed by atoms with Crippen LogP contribution in [0.25, 0.3) is 0 Å². The van der Waals surface area contributed by atoms with Crippen molar-refractivity contribution < 1.29 is 26.5 Å². The van der Waals surface area contributed by atoms with Crippen molar-refractivity contribution in [3.63, 3.8) is 0 Å². The highest BCUT2D eigenvalue weighted by molar-refractivity contribution is 7.85. The van der Waals surface area contributed by atoms with E-state index < -0.39 is 21.8 Å². The molecule has 204 valence electrons. The smallest absolute Gasteiger partial charge is 0.264 e. The minimum absolute atomic E-state index is 0.0447. The van der Waals surface area contributed by atoms with Crippen LogP contribution in [0.2, 0.25) is 5.02 Å². The molecular formula is C24H27ClFN5O5S2. The minimum Gasteiger partial charge on any atom is -0.364 e. The van der Waals surface area contributed by atoms with Gasteiger partial charge < -0.3 is 9.64 Å². The van der Waals surface area contributed by atoms with Crippen molar-refractivity contribution in [2.45, 2.75) is 19.9 Å². The van der Waals surface area contributed by atoms with Gasteiger partial charge in [-0.25, -0.2) is 14.4 Å². The predicted octanol–water partition coefficient (Wildman–Crippen LogP) is 3.01. The lowest BCUT2D eigenvalue weighted by Gasteiger charge is -2.34. The Morgan fingerprint density at radius 1 is 1.24 bits per heavy atom. The van der Waals surface area contributed by atoms with Crippen LogP contribution in [0.1, 0.15) is 21.6 Å². The monoisotopic (exact) mass is 583 g/mol. The van der Waals surface area contributed by atoms with E-state index in [-0.39, 0.29) is 17.2 Å². The molecule has 0 unspecified atom stereocenters. The molecule has 10 nitrogen and oxygen atoms in total. The summed E-state index contributed by atoms with van der Waals surface area (Å²) < 4.78 is 49.4. The van der Waals surface area contributed by atoms with Gasteiger partial charge in [0.2, 0.25) is 0 Å². The molecule has 14 heteroatoms. The minimum atomic E-state index is -3.63. The number of nitrogens with zero attached hydrogens (tertiary/aromatic N) is 5. The maximum Gasteiger partial charge on any atom is 0.264 e. The van der Waals surface area contributed by atoms with E-state index >= 15 is 0 Å². The van der Waals surface area contributed by atoms with Crippen LogP contribution < -0.4 is 4.80 Å². The fraction of sp³-hybridized carbons (Fsp3) is 0.375. The summed E-state index contributed by atoms with van der Waals surface area (Å²) in [5.74, 6) is -0.705. The molecule has 2 aromatic heterocycles. The molecule has 0 radical (unpaired) electrons. The SMILES string of the molecule is COCn1ccsc1=Nc1cc(COS(C)(=O)=O)cc(CN2CCN(C(=O)c3cccc(Cl)c3F)CC2)n1. The number of rotatable bonds is 9. The molecule has 1 aliphatic heterocycles. The van der Waals surface area contributed by atoms with Crippen LogP contribution >= 0.6 is 22.9 Å². The van der Waals surface area contributed by atoms with E-state index in [9.17, 15) is 17.6 Å². The molecule has 3 aromatic rings. The van der Waals surface area contributed by atoms with Crippen LogP contribution in [0.3, 0.4) is 0 Å². The maximum atomic E-state index is 14.3. The summed E-state index contributed by atoms with van der Waals surface area (Å²) in [4.78, 5) is 26.5. The zero-order valence-corrected chi connectivity index (χ0v) is 23.2. The van der Waals surface area contributed by atoms with E-state index in [1.54, 1.807) is 30.2 Å². The van der Waals surface area contributed by atoms with Crippen molar-refractivity contribution in [2.75, 3.05) is 39.5 Å². The summed E-state index contributed by atoms with van der Waals surface area (Å²) in [6, 6.07) is 7.85. The number of hydrogen-bond acceptors (Lipinski definition) is 9. The van der Waals surface area contributed by atoms with Crippen molar-refractivity contribution in [1.29, 1.82) is 0 Å². The molecule has 0 aliphatic carbocycles. The van der Waals surface area contributed by atoms with Crippen molar-refractivity contribution in [1.82, 2.24) is 19.4 Å². The van der Waals surface area contributed by atoms with E-state index in [1.165, 1.54) is 23.5 Å². The van der Waals surface area contributed by atoms with Gasteiger partial charge in [0.15, 0.2) is 16.4 Å². The molecule has 0 bridgehead atoms. The molecule has 38 heavy (non-hydrogen) atoms. The normalized spacial score (nSPS) is 15.3. The first kappa shape index (κ1) is 28.3. The van der Waals surface area contributed by atoms with Crippen molar-refractivity contribution in [2.24, 2.45) is 4.99 Å². The van der Waals surface area contributed by atoms with E-state index in [0.717, 1.165) is 6.26 Å². The molecule has 1 aliphatic rings. The lowest BCUT2D eigenvalue weighted by atomic mass is 10.1. The largest absolute Gasteiger partial charge is 0.364 e. The summed E-state index contributed by atoms with van der Waals surface area (Å²) in [6.45, 7) is 2.54. The Morgan fingerprint density at radius 2 is 2.00 bits per heavy atom. The molecule has 0 atom stereocenters. The van der Waals surface area contributed by atoms with E-state index in [1.807, 2.05) is 16.1 Å². The lowest BCUT2D eigenvalue weighted by molar-refractivity contribution is 0.0622. The number of benzene rings is 1. The Balaban J connectivity index is 1.50. The number of pyridine rings is 1. The standard InChI is InChI=1S/C24H27ClFN5O5S2/c1-35-16-31-10-11-37-24(31)28-21-13-17(15-36-38(2,33)34)12-18(27-21)14-29-6-8-30(9-7-29)23(32)19-4-3-5-20(25)22(19)26/h3-5,10-13H,6-9,14-16H2,1-2H3. The number of hydrogen-bond donors (Lipinski definition) is 0. The summed E-state index contributed by atoms with van der Waals surface area (Å²) in [7, 11) is -2.04. The molecule has 1 saturated heterocycles. The molecule has 1 aromatic carbocycles. The van der Waals surface area contributed by atoms with Crippen LogP contribution in [-0.2, 0) is 38.9 Å². The number of ether oxygens (including phenoxy) is 1. The second-order valence-corrected chi connectivity index (χ2v) is 11.6. The summed E-state index contributed by atoms with van der Waals surface area (Å²) in [5, 5.41) is 1.79. The number of methoxy groups -OCH3 is 1. The first-order valence-electron chi connectivity index (χ1n) is 11.6. The van der Waals surface area contributed by atoms with E-state index in [4.69, 9.17) is 20.5 Å². The molecule has 4 rings (SSSR count). The van der Waals surface area contributed by atoms with Crippen LogP contribution in [0.5, 0.6) is 0 Å². The number of carbonyl (C=O) groups is 1. The molecule has 3 heterocycles. The van der Waals surface area contributed by atoms with Gasteiger partial charge in [0.05, 0.1) is 29.1 Å². The fourth-order valence-corrected chi connectivity index (χ4v) is 5.18. The van der Waals surface area contributed by atoms with Gasteiger partial charge >= 0.3 is 0 Å². The second kappa shape index (κ2) is 12.5. The van der Waals surface area contributed by atoms with Crippen LogP contribution in [-0.4, -0.2) is 73.2 Å². The van der Waals surface area contributed by atoms with Crippen molar-refractivity contribution >= 4 is 44.8 Å². The van der Waals surface area contributed by atoms with Crippen LogP contribution in [0, 0.1) is 5.82 Å². The molecule has 0 saturated carbocycles. The van der Waals surface area contributed by atoms with Crippen LogP contribution in [0.4, 0.5) is 10.2 Å². The maximum absolute atomic E-state index is 14.3. The lowest BCUT2D eigenvalue weighted by Crippen LogP contribution is -2.48.